The average molecular weight is 322 g/mol. The Morgan fingerprint density at radius 2 is 1.71 bits per heavy atom. The number of para-hydroxylation sites is 3. The van der Waals surface area contributed by atoms with Crippen LogP contribution in [0, 0.1) is 0 Å². The number of hydrogen-bond donors (Lipinski definition) is 2. The molecule has 122 valence electrons. The third-order valence-electron chi connectivity index (χ3n) is 3.55. The van der Waals surface area contributed by atoms with Crippen molar-refractivity contribution < 1.29 is 9.53 Å². The van der Waals surface area contributed by atoms with Gasteiger partial charge >= 0.3 is 6.03 Å². The zero-order chi connectivity index (χ0) is 16.9. The number of rotatable bonds is 4. The third kappa shape index (κ3) is 3.38. The Balaban J connectivity index is 1.80. The second-order valence-electron chi connectivity index (χ2n) is 5.23. The van der Waals surface area contributed by atoms with E-state index in [4.69, 9.17) is 4.74 Å². The van der Waals surface area contributed by atoms with Crippen molar-refractivity contribution in [3.05, 3.63) is 60.9 Å². The molecule has 6 nitrogen and oxygen atoms in total. The van der Waals surface area contributed by atoms with E-state index in [2.05, 4.69) is 15.7 Å². The lowest BCUT2D eigenvalue weighted by atomic mass is 10.1. The van der Waals surface area contributed by atoms with Gasteiger partial charge in [0.05, 0.1) is 24.7 Å². The first-order chi connectivity index (χ1) is 11.7. The van der Waals surface area contributed by atoms with Gasteiger partial charge in [0.2, 0.25) is 0 Å². The van der Waals surface area contributed by atoms with Gasteiger partial charge in [0.1, 0.15) is 5.75 Å². The third-order valence-corrected chi connectivity index (χ3v) is 3.55. The highest BCUT2D eigenvalue weighted by atomic mass is 16.5. The predicted octanol–water partition coefficient (Wildman–Crippen LogP) is 3.74. The van der Waals surface area contributed by atoms with Crippen LogP contribution in [0.15, 0.2) is 60.9 Å². The van der Waals surface area contributed by atoms with Crippen molar-refractivity contribution in [3.8, 4) is 16.9 Å². The first-order valence-electron chi connectivity index (χ1n) is 7.46. The summed E-state index contributed by atoms with van der Waals surface area (Å²) in [6.07, 6.45) is 3.66. The largest absolute Gasteiger partial charge is 0.495 e. The summed E-state index contributed by atoms with van der Waals surface area (Å²) < 4.78 is 6.96. The van der Waals surface area contributed by atoms with E-state index < -0.39 is 0 Å². The first-order valence-corrected chi connectivity index (χ1v) is 7.46. The van der Waals surface area contributed by atoms with E-state index >= 15 is 0 Å². The number of methoxy groups -OCH3 is 1. The van der Waals surface area contributed by atoms with Gasteiger partial charge in [-0.05, 0) is 18.2 Å². The zero-order valence-electron chi connectivity index (χ0n) is 13.5. The second kappa shape index (κ2) is 6.87. The van der Waals surface area contributed by atoms with Gasteiger partial charge in [-0.25, -0.2) is 4.79 Å². The Morgan fingerprint density at radius 1 is 1.04 bits per heavy atom. The molecule has 0 bridgehead atoms. The number of nitrogens with zero attached hydrogens (tertiary/aromatic N) is 2. The maximum absolute atomic E-state index is 12.3. The van der Waals surface area contributed by atoms with Gasteiger partial charge in [0.25, 0.3) is 0 Å². The Morgan fingerprint density at radius 3 is 2.42 bits per heavy atom. The van der Waals surface area contributed by atoms with E-state index in [1.165, 1.54) is 0 Å². The molecule has 0 unspecified atom stereocenters. The molecule has 3 aromatic rings. The van der Waals surface area contributed by atoms with Gasteiger partial charge in [-0.1, -0.05) is 30.3 Å². The molecule has 0 fully saturated rings. The van der Waals surface area contributed by atoms with Crippen LogP contribution in [0.25, 0.3) is 11.1 Å². The van der Waals surface area contributed by atoms with Crippen LogP contribution in [0.5, 0.6) is 5.75 Å². The van der Waals surface area contributed by atoms with Crippen molar-refractivity contribution in [1.82, 2.24) is 9.78 Å². The number of benzene rings is 2. The Labute approximate surface area is 140 Å². The molecular formula is C18H18N4O2. The minimum Gasteiger partial charge on any atom is -0.495 e. The van der Waals surface area contributed by atoms with Crippen molar-refractivity contribution >= 4 is 17.4 Å². The molecule has 24 heavy (non-hydrogen) atoms. The minimum atomic E-state index is -0.337. The fraction of sp³-hybridized carbons (Fsp3) is 0.111. The highest BCUT2D eigenvalue weighted by Crippen LogP contribution is 2.28. The molecule has 3 rings (SSSR count). The van der Waals surface area contributed by atoms with Crippen LogP contribution in [-0.2, 0) is 7.05 Å². The highest BCUT2D eigenvalue weighted by Gasteiger charge is 2.11. The summed E-state index contributed by atoms with van der Waals surface area (Å²) in [5.74, 6) is 0.605. The number of carbonyl (C=O) groups excluding carboxylic acids is 1. The van der Waals surface area contributed by atoms with Crippen molar-refractivity contribution in [2.45, 2.75) is 0 Å². The molecule has 0 aliphatic heterocycles. The molecule has 0 radical (unpaired) electrons. The van der Waals surface area contributed by atoms with Gasteiger partial charge in [0, 0.05) is 24.4 Å². The molecule has 0 saturated carbocycles. The van der Waals surface area contributed by atoms with Gasteiger partial charge < -0.3 is 15.4 Å². The molecule has 0 spiro atoms. The van der Waals surface area contributed by atoms with Crippen molar-refractivity contribution in [2.24, 2.45) is 7.05 Å². The molecular weight excluding hydrogens is 304 g/mol. The smallest absolute Gasteiger partial charge is 0.323 e. The molecule has 2 amide bonds. The number of aromatic nitrogens is 2. The average Bonchev–Trinajstić information content (AvgIpc) is 3.02. The molecule has 2 aromatic carbocycles. The molecule has 1 aromatic heterocycles. The quantitative estimate of drug-likeness (QED) is 0.769. The minimum absolute atomic E-state index is 0.337. The van der Waals surface area contributed by atoms with Crippen molar-refractivity contribution in [3.63, 3.8) is 0 Å². The summed E-state index contributed by atoms with van der Waals surface area (Å²) in [5.41, 5.74) is 3.15. The molecule has 0 atom stereocenters. The molecule has 1 heterocycles. The number of ether oxygens (including phenoxy) is 1. The zero-order valence-corrected chi connectivity index (χ0v) is 13.5. The molecule has 6 heteroatoms. The second-order valence-corrected chi connectivity index (χ2v) is 5.23. The number of amides is 2. The van der Waals surface area contributed by atoms with Gasteiger partial charge in [-0.15, -0.1) is 0 Å². The van der Waals surface area contributed by atoms with Crippen LogP contribution < -0.4 is 15.4 Å². The van der Waals surface area contributed by atoms with Crippen LogP contribution in [0.3, 0.4) is 0 Å². The lowest BCUT2D eigenvalue weighted by Gasteiger charge is -2.13. The monoisotopic (exact) mass is 322 g/mol. The first kappa shape index (κ1) is 15.6. The summed E-state index contributed by atoms with van der Waals surface area (Å²) in [5, 5.41) is 9.85. The SMILES string of the molecule is COc1ccccc1NC(=O)Nc1ccccc1-c1cnn(C)c1. The molecule has 0 saturated heterocycles. The Kier molecular flexibility index (Phi) is 4.47. The predicted molar refractivity (Wildman–Crippen MR) is 94.3 cm³/mol. The van der Waals surface area contributed by atoms with E-state index in [9.17, 15) is 4.79 Å². The fourth-order valence-electron chi connectivity index (χ4n) is 2.43. The Hall–Kier alpha value is -3.28. The summed E-state index contributed by atoms with van der Waals surface area (Å²) >= 11 is 0. The highest BCUT2D eigenvalue weighted by molar-refractivity contribution is 6.03. The van der Waals surface area contributed by atoms with Crippen LogP contribution in [0.4, 0.5) is 16.2 Å². The molecule has 0 aliphatic rings. The summed E-state index contributed by atoms with van der Waals surface area (Å²) in [6, 6.07) is 14.5. The molecule has 0 aliphatic carbocycles. The van der Waals surface area contributed by atoms with Gasteiger partial charge in [0.15, 0.2) is 0 Å². The van der Waals surface area contributed by atoms with Crippen molar-refractivity contribution in [1.29, 1.82) is 0 Å². The lowest BCUT2D eigenvalue weighted by Crippen LogP contribution is -2.20. The number of carbonyl (C=O) groups is 1. The van der Waals surface area contributed by atoms with Crippen molar-refractivity contribution in [2.75, 3.05) is 17.7 Å². The summed E-state index contributed by atoms with van der Waals surface area (Å²) in [4.78, 5) is 12.3. The van der Waals surface area contributed by atoms with Crippen LogP contribution in [0.2, 0.25) is 0 Å². The van der Waals surface area contributed by atoms with E-state index in [1.807, 2.05) is 49.6 Å². The maximum Gasteiger partial charge on any atom is 0.323 e. The number of hydrogen-bond acceptors (Lipinski definition) is 3. The fourth-order valence-corrected chi connectivity index (χ4v) is 2.43. The van der Waals surface area contributed by atoms with E-state index in [0.29, 0.717) is 17.1 Å². The van der Waals surface area contributed by atoms with Crippen LogP contribution in [0.1, 0.15) is 0 Å². The van der Waals surface area contributed by atoms with Gasteiger partial charge in [-0.2, -0.15) is 5.10 Å². The Bertz CT molecular complexity index is 857. The van der Waals surface area contributed by atoms with E-state index in [0.717, 1.165) is 11.1 Å². The summed E-state index contributed by atoms with van der Waals surface area (Å²) in [7, 11) is 3.42. The number of nitrogens with one attached hydrogen (secondary N) is 2. The number of urea groups is 1. The maximum atomic E-state index is 12.3. The summed E-state index contributed by atoms with van der Waals surface area (Å²) in [6.45, 7) is 0. The topological polar surface area (TPSA) is 68.2 Å². The van der Waals surface area contributed by atoms with Gasteiger partial charge in [-0.3, -0.25) is 4.68 Å². The van der Waals surface area contributed by atoms with Crippen LogP contribution >= 0.6 is 0 Å². The van der Waals surface area contributed by atoms with E-state index in [-0.39, 0.29) is 6.03 Å². The normalized spacial score (nSPS) is 10.2. The molecule has 2 N–H and O–H groups in total. The number of anilines is 2. The van der Waals surface area contributed by atoms with Crippen LogP contribution in [-0.4, -0.2) is 22.9 Å². The number of aryl methyl sites for hydroxylation is 1. The lowest BCUT2D eigenvalue weighted by molar-refractivity contribution is 0.262. The van der Waals surface area contributed by atoms with E-state index in [1.54, 1.807) is 30.1 Å². The standard InChI is InChI=1S/C18H18N4O2/c1-22-12-13(11-19-22)14-7-3-4-8-15(14)20-18(23)21-16-9-5-6-10-17(16)24-2/h3-12H,1-2H3,(H2,20,21,23).